The minimum Gasteiger partial charge on any atom is -0.341 e. The molecule has 0 bridgehead atoms. The molecule has 1 saturated carbocycles. The Morgan fingerprint density at radius 1 is 1.17 bits per heavy atom. The smallest absolute Gasteiger partial charge is 0.319 e. The molecule has 0 aliphatic heterocycles. The lowest BCUT2D eigenvalue weighted by Crippen LogP contribution is -2.49. The Hall–Kier alpha value is -2.55. The molecule has 1 atom stereocenters. The number of nitrogens with one attached hydrogen (secondary N) is 3. The van der Waals surface area contributed by atoms with E-state index in [4.69, 9.17) is 5.26 Å². The molecule has 128 valence electrons. The molecule has 24 heavy (non-hydrogen) atoms. The summed E-state index contributed by atoms with van der Waals surface area (Å²) >= 11 is 0. The van der Waals surface area contributed by atoms with Gasteiger partial charge in [0.05, 0.1) is 6.07 Å². The van der Waals surface area contributed by atoms with Crippen LogP contribution in [0.2, 0.25) is 0 Å². The maximum atomic E-state index is 12.3. The van der Waals surface area contributed by atoms with Crippen molar-refractivity contribution in [1.82, 2.24) is 10.6 Å². The quantitative estimate of drug-likeness (QED) is 0.701. The number of urea groups is 1. The van der Waals surface area contributed by atoms with Gasteiger partial charge in [-0.05, 0) is 24.5 Å². The molecule has 6 nitrogen and oxygen atoms in total. The van der Waals surface area contributed by atoms with Crippen molar-refractivity contribution in [3.05, 3.63) is 30.3 Å². The Kier molecular flexibility index (Phi) is 7.09. The van der Waals surface area contributed by atoms with E-state index in [0.29, 0.717) is 18.0 Å². The second kappa shape index (κ2) is 9.56. The highest BCUT2D eigenvalue weighted by Crippen LogP contribution is 2.27. The van der Waals surface area contributed by atoms with Crippen molar-refractivity contribution in [2.24, 2.45) is 5.92 Å². The number of carbonyl (C=O) groups excluding carboxylic acids is 2. The van der Waals surface area contributed by atoms with Crippen molar-refractivity contribution >= 4 is 17.6 Å². The van der Waals surface area contributed by atoms with Gasteiger partial charge in [0.25, 0.3) is 0 Å². The molecule has 0 heterocycles. The van der Waals surface area contributed by atoms with Crippen molar-refractivity contribution in [1.29, 1.82) is 5.26 Å². The molecule has 2 rings (SSSR count). The first-order chi connectivity index (χ1) is 11.7. The molecule has 3 amide bonds. The zero-order valence-corrected chi connectivity index (χ0v) is 13.8. The van der Waals surface area contributed by atoms with Gasteiger partial charge < -0.3 is 16.0 Å². The van der Waals surface area contributed by atoms with Crippen LogP contribution in [0.15, 0.2) is 30.3 Å². The average molecular weight is 328 g/mol. The lowest BCUT2D eigenvalue weighted by Gasteiger charge is -2.26. The Bertz CT molecular complexity index is 576. The number of hydrogen-bond donors (Lipinski definition) is 3. The summed E-state index contributed by atoms with van der Waals surface area (Å²) in [6, 6.07) is 9.95. The Morgan fingerprint density at radius 2 is 1.88 bits per heavy atom. The summed E-state index contributed by atoms with van der Waals surface area (Å²) in [5.74, 6) is 0.138. The first-order valence-electron chi connectivity index (χ1n) is 8.46. The number of nitriles is 1. The molecule has 3 N–H and O–H groups in total. The highest BCUT2D eigenvalue weighted by atomic mass is 16.2. The highest BCUT2D eigenvalue weighted by Gasteiger charge is 2.25. The van der Waals surface area contributed by atoms with Crippen LogP contribution >= 0.6 is 0 Å². The van der Waals surface area contributed by atoms with Crippen molar-refractivity contribution in [3.63, 3.8) is 0 Å². The number of anilines is 1. The summed E-state index contributed by atoms with van der Waals surface area (Å²) in [4.78, 5) is 24.4. The van der Waals surface area contributed by atoms with Gasteiger partial charge in [0.2, 0.25) is 5.91 Å². The summed E-state index contributed by atoms with van der Waals surface area (Å²) in [5.41, 5.74) is 0.670. The number of rotatable bonds is 6. The van der Waals surface area contributed by atoms with Crippen molar-refractivity contribution < 1.29 is 9.59 Å². The Labute approximate surface area is 142 Å². The highest BCUT2D eigenvalue weighted by molar-refractivity contribution is 5.93. The van der Waals surface area contributed by atoms with E-state index < -0.39 is 12.1 Å². The first kappa shape index (κ1) is 17.8. The van der Waals surface area contributed by atoms with Gasteiger partial charge in [0.15, 0.2) is 0 Å². The van der Waals surface area contributed by atoms with Crippen LogP contribution < -0.4 is 16.0 Å². The average Bonchev–Trinajstić information content (AvgIpc) is 2.61. The zero-order chi connectivity index (χ0) is 17.2. The van der Waals surface area contributed by atoms with Gasteiger partial charge in [-0.1, -0.05) is 50.3 Å². The van der Waals surface area contributed by atoms with E-state index in [0.717, 1.165) is 12.8 Å². The molecule has 1 aromatic rings. The molecular weight excluding hydrogens is 304 g/mol. The minimum atomic E-state index is -0.620. The van der Waals surface area contributed by atoms with Gasteiger partial charge in [-0.3, -0.25) is 4.79 Å². The van der Waals surface area contributed by atoms with E-state index in [1.54, 1.807) is 12.1 Å². The fourth-order valence-electron chi connectivity index (χ4n) is 3.08. The molecular formula is C18H24N4O2. The second-order valence-corrected chi connectivity index (χ2v) is 6.13. The zero-order valence-electron chi connectivity index (χ0n) is 13.8. The number of para-hydroxylation sites is 1. The van der Waals surface area contributed by atoms with Crippen molar-refractivity contribution in [3.8, 4) is 6.07 Å². The monoisotopic (exact) mass is 328 g/mol. The summed E-state index contributed by atoms with van der Waals surface area (Å²) in [6.07, 6.45) is 6.37. The normalized spacial score (nSPS) is 15.8. The minimum absolute atomic E-state index is 0.0536. The lowest BCUT2D eigenvalue weighted by molar-refractivity contribution is -0.123. The second-order valence-electron chi connectivity index (χ2n) is 6.13. The Morgan fingerprint density at radius 3 is 2.54 bits per heavy atom. The van der Waals surface area contributed by atoms with Crippen LogP contribution in [0.1, 0.15) is 38.5 Å². The van der Waals surface area contributed by atoms with E-state index in [-0.39, 0.29) is 12.5 Å². The number of nitrogens with zero attached hydrogens (tertiary/aromatic N) is 1. The summed E-state index contributed by atoms with van der Waals surface area (Å²) in [7, 11) is 0. The van der Waals surface area contributed by atoms with E-state index in [2.05, 4.69) is 16.0 Å². The molecule has 0 aromatic heterocycles. The topological polar surface area (TPSA) is 94.0 Å². The molecule has 1 aromatic carbocycles. The molecule has 1 aliphatic rings. The number of benzene rings is 1. The number of amides is 3. The van der Waals surface area contributed by atoms with Gasteiger partial charge >= 0.3 is 6.03 Å². The first-order valence-corrected chi connectivity index (χ1v) is 8.46. The molecule has 0 radical (unpaired) electrons. The maximum absolute atomic E-state index is 12.3. The van der Waals surface area contributed by atoms with Crippen molar-refractivity contribution in [2.45, 2.75) is 44.6 Å². The van der Waals surface area contributed by atoms with E-state index in [1.807, 2.05) is 24.3 Å². The Balaban J connectivity index is 1.94. The van der Waals surface area contributed by atoms with Gasteiger partial charge in [-0.2, -0.15) is 5.26 Å². The lowest BCUT2D eigenvalue weighted by atomic mass is 9.84. The largest absolute Gasteiger partial charge is 0.341 e. The number of carbonyl (C=O) groups is 2. The van der Waals surface area contributed by atoms with Crippen LogP contribution in [0.3, 0.4) is 0 Å². The van der Waals surface area contributed by atoms with Gasteiger partial charge in [0.1, 0.15) is 12.6 Å². The predicted octanol–water partition coefficient (Wildman–Crippen LogP) is 2.79. The van der Waals surface area contributed by atoms with E-state index in [1.165, 1.54) is 19.3 Å². The van der Waals surface area contributed by atoms with Crippen LogP contribution in [0.4, 0.5) is 10.5 Å². The van der Waals surface area contributed by atoms with Crippen LogP contribution in [-0.2, 0) is 4.79 Å². The van der Waals surface area contributed by atoms with Gasteiger partial charge in [-0.25, -0.2) is 4.79 Å². The SMILES string of the molecule is N#CCNC(=O)[C@H](CC1CCCCC1)NC(=O)Nc1ccccc1. The predicted molar refractivity (Wildman–Crippen MR) is 92.2 cm³/mol. The van der Waals surface area contributed by atoms with Gasteiger partial charge in [0, 0.05) is 5.69 Å². The van der Waals surface area contributed by atoms with Crippen LogP contribution in [0.25, 0.3) is 0 Å². The van der Waals surface area contributed by atoms with Crippen LogP contribution in [-0.4, -0.2) is 24.5 Å². The maximum Gasteiger partial charge on any atom is 0.319 e. The standard InChI is InChI=1S/C18H24N4O2/c19-11-12-20-17(23)16(13-14-7-3-1-4-8-14)22-18(24)21-15-9-5-2-6-10-15/h2,5-6,9-10,14,16H,1,3-4,7-8,12-13H2,(H,20,23)(H2,21,22,24)/t16-/m0/s1. The van der Waals surface area contributed by atoms with Gasteiger partial charge in [-0.15, -0.1) is 0 Å². The fourth-order valence-corrected chi connectivity index (χ4v) is 3.08. The molecule has 0 spiro atoms. The van der Waals surface area contributed by atoms with Crippen LogP contribution in [0.5, 0.6) is 0 Å². The summed E-state index contributed by atoms with van der Waals surface area (Å²) in [5, 5.41) is 16.7. The summed E-state index contributed by atoms with van der Waals surface area (Å²) in [6.45, 7) is -0.0536. The third kappa shape index (κ3) is 5.92. The van der Waals surface area contributed by atoms with Crippen molar-refractivity contribution in [2.75, 3.05) is 11.9 Å². The number of hydrogen-bond acceptors (Lipinski definition) is 3. The van der Waals surface area contributed by atoms with Crippen LogP contribution in [0, 0.1) is 17.2 Å². The molecule has 6 heteroatoms. The summed E-state index contributed by atoms with van der Waals surface area (Å²) < 4.78 is 0. The third-order valence-electron chi connectivity index (χ3n) is 4.29. The molecule has 1 aliphatic carbocycles. The third-order valence-corrected chi connectivity index (χ3v) is 4.29. The van der Waals surface area contributed by atoms with E-state index in [9.17, 15) is 9.59 Å². The fraction of sp³-hybridized carbons (Fsp3) is 0.500. The molecule has 0 saturated heterocycles. The van der Waals surface area contributed by atoms with E-state index >= 15 is 0 Å². The molecule has 1 fully saturated rings. The molecule has 0 unspecified atom stereocenters.